The van der Waals surface area contributed by atoms with E-state index in [2.05, 4.69) is 26.0 Å². The summed E-state index contributed by atoms with van der Waals surface area (Å²) in [6.45, 7) is 7.10. The summed E-state index contributed by atoms with van der Waals surface area (Å²) in [5.74, 6) is 0.619. The third kappa shape index (κ3) is 7.58. The van der Waals surface area contributed by atoms with Crippen molar-refractivity contribution in [3.05, 3.63) is 53.3 Å². The molecule has 3 N–H and O–H groups in total. The molecular weight excluding hydrogens is 455 g/mol. The zero-order chi connectivity index (χ0) is 19.2. The van der Waals surface area contributed by atoms with Crippen LogP contribution in [0.25, 0.3) is 0 Å². The molecule has 0 saturated carbocycles. The molecular formula is C19H29IN6O. The van der Waals surface area contributed by atoms with Crippen LogP contribution in [-0.4, -0.2) is 34.2 Å². The summed E-state index contributed by atoms with van der Waals surface area (Å²) in [4.78, 5) is 16.5. The lowest BCUT2D eigenvalue weighted by Gasteiger charge is -2.20. The number of hydrogen-bond donors (Lipinski definition) is 3. The minimum atomic E-state index is -0.261. The van der Waals surface area contributed by atoms with Crippen LogP contribution in [0.2, 0.25) is 0 Å². The smallest absolute Gasteiger partial charge is 0.251 e. The number of aliphatic imine (C=N–C) groups is 1. The molecule has 0 bridgehead atoms. The number of benzene rings is 1. The summed E-state index contributed by atoms with van der Waals surface area (Å²) in [6, 6.07) is 9.54. The number of amides is 1. The molecule has 7 nitrogen and oxygen atoms in total. The molecule has 0 aliphatic rings. The lowest BCUT2D eigenvalue weighted by atomic mass is 10.1. The second kappa shape index (κ2) is 10.3. The van der Waals surface area contributed by atoms with Crippen LogP contribution in [0.1, 0.15) is 42.4 Å². The van der Waals surface area contributed by atoms with Gasteiger partial charge in [-0.15, -0.1) is 24.0 Å². The fraction of sp³-hybridized carbons (Fsp3) is 0.421. The van der Waals surface area contributed by atoms with Gasteiger partial charge in [0.1, 0.15) is 0 Å². The first-order chi connectivity index (χ1) is 12.3. The van der Waals surface area contributed by atoms with Crippen molar-refractivity contribution in [2.24, 2.45) is 12.0 Å². The van der Waals surface area contributed by atoms with Crippen LogP contribution in [-0.2, 0) is 20.1 Å². The lowest BCUT2D eigenvalue weighted by Crippen LogP contribution is -2.40. The average Bonchev–Trinajstić information content (AvgIpc) is 2.99. The van der Waals surface area contributed by atoms with E-state index in [0.29, 0.717) is 24.6 Å². The monoisotopic (exact) mass is 484 g/mol. The number of carbonyl (C=O) groups excluding carboxylic acids is 1. The van der Waals surface area contributed by atoms with Gasteiger partial charge < -0.3 is 16.0 Å². The minimum Gasteiger partial charge on any atom is -0.352 e. The molecule has 0 saturated heterocycles. The van der Waals surface area contributed by atoms with Gasteiger partial charge in [-0.3, -0.25) is 14.5 Å². The van der Waals surface area contributed by atoms with Crippen LogP contribution >= 0.6 is 24.0 Å². The van der Waals surface area contributed by atoms with Crippen molar-refractivity contribution in [2.75, 3.05) is 7.05 Å². The second-order valence-electron chi connectivity index (χ2n) is 7.13. The highest BCUT2D eigenvalue weighted by atomic mass is 127. The van der Waals surface area contributed by atoms with Crippen LogP contribution in [0, 0.1) is 0 Å². The van der Waals surface area contributed by atoms with Crippen molar-refractivity contribution in [3.63, 3.8) is 0 Å². The van der Waals surface area contributed by atoms with E-state index in [-0.39, 0.29) is 35.4 Å². The average molecular weight is 484 g/mol. The Bertz CT molecular complexity index is 779. The molecule has 0 spiro atoms. The maximum Gasteiger partial charge on any atom is 0.251 e. The van der Waals surface area contributed by atoms with Crippen LogP contribution in [0.5, 0.6) is 0 Å². The first-order valence-corrected chi connectivity index (χ1v) is 8.61. The number of nitrogens with one attached hydrogen (secondary N) is 3. The highest BCUT2D eigenvalue weighted by Gasteiger charge is 2.15. The lowest BCUT2D eigenvalue weighted by molar-refractivity contribution is 0.0919. The predicted molar refractivity (Wildman–Crippen MR) is 119 cm³/mol. The van der Waals surface area contributed by atoms with Gasteiger partial charge in [0.2, 0.25) is 0 Å². The largest absolute Gasteiger partial charge is 0.352 e. The van der Waals surface area contributed by atoms with E-state index in [1.54, 1.807) is 13.2 Å². The highest BCUT2D eigenvalue weighted by Crippen LogP contribution is 2.08. The molecule has 2 aromatic rings. The van der Waals surface area contributed by atoms with Gasteiger partial charge in [-0.05, 0) is 44.5 Å². The standard InChI is InChI=1S/C19H28N6O.HI/c1-19(2,3)24-17(26)15-8-6-7-14(11-15)12-21-18(20-4)22-13-16-9-10-23-25(16)5;/h6-11H,12-13H2,1-5H3,(H,24,26)(H2,20,21,22);1H. The summed E-state index contributed by atoms with van der Waals surface area (Å²) in [6.07, 6.45) is 1.77. The van der Waals surface area contributed by atoms with E-state index >= 15 is 0 Å². The SMILES string of the molecule is CN=C(NCc1cccc(C(=O)NC(C)(C)C)c1)NCc1ccnn1C.I. The Morgan fingerprint density at radius 1 is 1.19 bits per heavy atom. The fourth-order valence-electron chi connectivity index (χ4n) is 2.39. The van der Waals surface area contributed by atoms with E-state index in [0.717, 1.165) is 11.3 Å². The maximum absolute atomic E-state index is 12.3. The van der Waals surface area contributed by atoms with Gasteiger partial charge in [-0.1, -0.05) is 12.1 Å². The zero-order valence-electron chi connectivity index (χ0n) is 16.5. The van der Waals surface area contributed by atoms with Gasteiger partial charge in [0.25, 0.3) is 5.91 Å². The van der Waals surface area contributed by atoms with E-state index in [1.165, 1.54) is 0 Å². The highest BCUT2D eigenvalue weighted by molar-refractivity contribution is 14.0. The number of guanidine groups is 1. The van der Waals surface area contributed by atoms with Gasteiger partial charge in [-0.2, -0.15) is 5.10 Å². The topological polar surface area (TPSA) is 83.3 Å². The first kappa shape index (κ1) is 22.9. The Kier molecular flexibility index (Phi) is 8.74. The number of aromatic nitrogens is 2. The minimum absolute atomic E-state index is 0. The second-order valence-corrected chi connectivity index (χ2v) is 7.13. The van der Waals surface area contributed by atoms with Crippen LogP contribution in [0.4, 0.5) is 0 Å². The molecule has 0 atom stereocenters. The molecule has 0 aliphatic carbocycles. The Morgan fingerprint density at radius 2 is 1.89 bits per heavy atom. The summed E-state index contributed by atoms with van der Waals surface area (Å²) < 4.78 is 1.82. The number of halogens is 1. The molecule has 148 valence electrons. The van der Waals surface area contributed by atoms with Crippen LogP contribution < -0.4 is 16.0 Å². The van der Waals surface area contributed by atoms with Gasteiger partial charge >= 0.3 is 0 Å². The molecule has 2 rings (SSSR count). The predicted octanol–water partition coefficient (Wildman–Crippen LogP) is 2.43. The maximum atomic E-state index is 12.3. The van der Waals surface area contributed by atoms with E-state index < -0.39 is 0 Å². The summed E-state index contributed by atoms with van der Waals surface area (Å²) in [7, 11) is 3.63. The van der Waals surface area contributed by atoms with E-state index in [9.17, 15) is 4.79 Å². The van der Waals surface area contributed by atoms with E-state index in [4.69, 9.17) is 0 Å². The number of carbonyl (C=O) groups is 1. The van der Waals surface area contributed by atoms with Gasteiger partial charge in [0.05, 0.1) is 12.2 Å². The Balaban J connectivity index is 0.00000364. The quantitative estimate of drug-likeness (QED) is 0.346. The molecule has 1 aromatic heterocycles. The Morgan fingerprint density at radius 3 is 2.48 bits per heavy atom. The molecule has 1 amide bonds. The van der Waals surface area contributed by atoms with E-state index in [1.807, 2.05) is 62.8 Å². The molecule has 0 aliphatic heterocycles. The van der Waals surface area contributed by atoms with Crippen molar-refractivity contribution in [3.8, 4) is 0 Å². The molecule has 1 aromatic carbocycles. The normalized spacial score (nSPS) is 11.5. The number of hydrogen-bond acceptors (Lipinski definition) is 3. The summed E-state index contributed by atoms with van der Waals surface area (Å²) >= 11 is 0. The zero-order valence-corrected chi connectivity index (χ0v) is 18.9. The fourth-order valence-corrected chi connectivity index (χ4v) is 2.39. The Hall–Kier alpha value is -2.10. The van der Waals surface area contributed by atoms with Crippen molar-refractivity contribution in [1.82, 2.24) is 25.7 Å². The van der Waals surface area contributed by atoms with Crippen molar-refractivity contribution in [2.45, 2.75) is 39.4 Å². The van der Waals surface area contributed by atoms with Crippen molar-refractivity contribution >= 4 is 35.8 Å². The van der Waals surface area contributed by atoms with Crippen molar-refractivity contribution < 1.29 is 4.79 Å². The number of aryl methyl sites for hydroxylation is 1. The molecule has 0 unspecified atom stereocenters. The van der Waals surface area contributed by atoms with Gasteiger partial charge in [0, 0.05) is 37.9 Å². The molecule has 8 heteroatoms. The molecule has 1 heterocycles. The first-order valence-electron chi connectivity index (χ1n) is 8.61. The van der Waals surface area contributed by atoms with Crippen molar-refractivity contribution in [1.29, 1.82) is 0 Å². The van der Waals surface area contributed by atoms with Gasteiger partial charge in [0.15, 0.2) is 5.96 Å². The Labute approximate surface area is 178 Å². The summed E-state index contributed by atoms with van der Waals surface area (Å²) in [5.41, 5.74) is 2.46. The third-order valence-corrected chi connectivity index (χ3v) is 3.72. The van der Waals surface area contributed by atoms with Gasteiger partial charge in [-0.25, -0.2) is 0 Å². The third-order valence-electron chi connectivity index (χ3n) is 3.72. The molecule has 0 radical (unpaired) electrons. The van der Waals surface area contributed by atoms with Crippen LogP contribution in [0.15, 0.2) is 41.5 Å². The molecule has 0 fully saturated rings. The number of nitrogens with zero attached hydrogens (tertiary/aromatic N) is 3. The number of rotatable bonds is 5. The molecule has 27 heavy (non-hydrogen) atoms. The van der Waals surface area contributed by atoms with Crippen LogP contribution in [0.3, 0.4) is 0 Å². The summed E-state index contributed by atoms with van der Waals surface area (Å²) in [5, 5.41) is 13.6.